The van der Waals surface area contributed by atoms with E-state index >= 15 is 0 Å². The minimum absolute atomic E-state index is 0.0128. The van der Waals surface area contributed by atoms with Gasteiger partial charge in [-0.05, 0) is 44.2 Å². The minimum atomic E-state index is -3.74. The second kappa shape index (κ2) is 8.45. The van der Waals surface area contributed by atoms with Crippen LogP contribution in [0.2, 0.25) is 0 Å². The molecular weight excluding hydrogens is 378 g/mol. The summed E-state index contributed by atoms with van der Waals surface area (Å²) in [5.74, 6) is -0.675. The summed E-state index contributed by atoms with van der Waals surface area (Å²) in [5, 5.41) is 2.53. The zero-order valence-electron chi connectivity index (χ0n) is 15.0. The topological polar surface area (TPSA) is 75.7 Å². The summed E-state index contributed by atoms with van der Waals surface area (Å²) in [4.78, 5) is 12.4. The number of anilines is 1. The Kier molecular flexibility index (Phi) is 6.50. The highest BCUT2D eigenvalue weighted by Crippen LogP contribution is 2.21. The van der Waals surface area contributed by atoms with Crippen molar-refractivity contribution in [3.63, 3.8) is 0 Å². The molecule has 0 fully saturated rings. The van der Waals surface area contributed by atoms with Crippen LogP contribution in [0.3, 0.4) is 0 Å². The summed E-state index contributed by atoms with van der Waals surface area (Å²) in [6.07, 6.45) is 0. The lowest BCUT2D eigenvalue weighted by Crippen LogP contribution is -2.33. The highest BCUT2D eigenvalue weighted by molar-refractivity contribution is 7.89. The molecule has 146 valence electrons. The van der Waals surface area contributed by atoms with Gasteiger partial charge in [0.15, 0.2) is 0 Å². The van der Waals surface area contributed by atoms with Gasteiger partial charge >= 0.3 is 6.61 Å². The second-order valence-corrected chi connectivity index (χ2v) is 8.00. The van der Waals surface area contributed by atoms with Gasteiger partial charge in [-0.15, -0.1) is 0 Å². The fraction of sp³-hybridized carbons (Fsp3) is 0.278. The van der Waals surface area contributed by atoms with Crippen molar-refractivity contribution in [3.05, 3.63) is 54.1 Å². The zero-order valence-corrected chi connectivity index (χ0v) is 15.8. The summed E-state index contributed by atoms with van der Waals surface area (Å²) in [6, 6.07) is 10.9. The first-order valence-electron chi connectivity index (χ1n) is 8.05. The molecule has 0 aliphatic rings. The van der Waals surface area contributed by atoms with Gasteiger partial charge in [0, 0.05) is 30.4 Å². The number of carbonyl (C=O) groups excluding carboxylic acids is 1. The lowest BCUT2D eigenvalue weighted by atomic mass is 10.2. The predicted molar refractivity (Wildman–Crippen MR) is 97.6 cm³/mol. The van der Waals surface area contributed by atoms with Gasteiger partial charge < -0.3 is 10.1 Å². The Morgan fingerprint density at radius 3 is 2.41 bits per heavy atom. The Morgan fingerprint density at radius 2 is 1.78 bits per heavy atom. The molecule has 0 saturated carbocycles. The molecule has 0 aromatic heterocycles. The van der Waals surface area contributed by atoms with E-state index < -0.39 is 22.5 Å². The average Bonchev–Trinajstić information content (AvgIpc) is 2.60. The van der Waals surface area contributed by atoms with Crippen LogP contribution in [0.25, 0.3) is 0 Å². The van der Waals surface area contributed by atoms with Crippen molar-refractivity contribution in [3.8, 4) is 5.75 Å². The molecule has 1 N–H and O–H groups in total. The zero-order chi connectivity index (χ0) is 20.2. The molecule has 9 heteroatoms. The number of ether oxygens (including phenoxy) is 1. The van der Waals surface area contributed by atoms with Gasteiger partial charge in [-0.2, -0.15) is 13.1 Å². The van der Waals surface area contributed by atoms with Crippen molar-refractivity contribution < 1.29 is 26.7 Å². The quantitative estimate of drug-likeness (QED) is 0.774. The van der Waals surface area contributed by atoms with E-state index in [9.17, 15) is 22.0 Å². The van der Waals surface area contributed by atoms with Crippen LogP contribution in [0.1, 0.15) is 24.2 Å². The fourth-order valence-corrected chi connectivity index (χ4v) is 3.61. The average molecular weight is 398 g/mol. The third-order valence-electron chi connectivity index (χ3n) is 3.82. The van der Waals surface area contributed by atoms with E-state index in [4.69, 9.17) is 0 Å². The van der Waals surface area contributed by atoms with Gasteiger partial charge in [0.1, 0.15) is 5.75 Å². The molecule has 0 saturated heterocycles. The van der Waals surface area contributed by atoms with E-state index in [1.807, 2.05) is 0 Å². The summed E-state index contributed by atoms with van der Waals surface area (Å²) >= 11 is 0. The number of halogens is 2. The number of benzene rings is 2. The normalized spacial score (nSPS) is 11.9. The van der Waals surface area contributed by atoms with Crippen LogP contribution in [-0.4, -0.2) is 38.3 Å². The number of nitrogens with one attached hydrogen (secondary N) is 1. The molecule has 1 amide bonds. The van der Waals surface area contributed by atoms with Gasteiger partial charge in [-0.1, -0.05) is 12.1 Å². The Balaban J connectivity index is 2.23. The molecule has 0 spiro atoms. The molecule has 6 nitrogen and oxygen atoms in total. The van der Waals surface area contributed by atoms with Crippen molar-refractivity contribution >= 4 is 21.6 Å². The van der Waals surface area contributed by atoms with Crippen LogP contribution in [-0.2, 0) is 10.0 Å². The standard InChI is InChI=1S/C18H20F2N2O4S/c1-12(2)22(3)27(24,25)16-9-4-6-13(10-16)17(23)21-14-7-5-8-15(11-14)26-18(19)20/h4-12,18H,1-3H3,(H,21,23). The molecule has 2 rings (SSSR count). The number of hydrogen-bond acceptors (Lipinski definition) is 4. The Hall–Kier alpha value is -2.52. The Labute approximate surface area is 156 Å². The third-order valence-corrected chi connectivity index (χ3v) is 5.85. The van der Waals surface area contributed by atoms with Gasteiger partial charge in [0.2, 0.25) is 10.0 Å². The molecule has 0 bridgehead atoms. The van der Waals surface area contributed by atoms with E-state index in [2.05, 4.69) is 10.1 Å². The van der Waals surface area contributed by atoms with Crippen molar-refractivity contribution in [2.45, 2.75) is 31.4 Å². The van der Waals surface area contributed by atoms with Crippen LogP contribution >= 0.6 is 0 Å². The highest BCUT2D eigenvalue weighted by atomic mass is 32.2. The maximum absolute atomic E-state index is 12.6. The molecule has 0 radical (unpaired) electrons. The predicted octanol–water partition coefficient (Wildman–Crippen LogP) is 3.57. The van der Waals surface area contributed by atoms with E-state index in [0.717, 1.165) is 0 Å². The smallest absolute Gasteiger partial charge is 0.387 e. The van der Waals surface area contributed by atoms with Crippen LogP contribution in [0.4, 0.5) is 14.5 Å². The minimum Gasteiger partial charge on any atom is -0.435 e. The van der Waals surface area contributed by atoms with Crippen LogP contribution in [0.15, 0.2) is 53.4 Å². The molecule has 0 heterocycles. The maximum Gasteiger partial charge on any atom is 0.387 e. The van der Waals surface area contributed by atoms with Crippen molar-refractivity contribution in [1.29, 1.82) is 0 Å². The van der Waals surface area contributed by atoms with E-state index in [1.165, 1.54) is 59.9 Å². The number of nitrogens with zero attached hydrogens (tertiary/aromatic N) is 1. The van der Waals surface area contributed by atoms with E-state index in [0.29, 0.717) is 0 Å². The Morgan fingerprint density at radius 1 is 1.11 bits per heavy atom. The summed E-state index contributed by atoms with van der Waals surface area (Å²) in [7, 11) is -2.28. The Bertz CT molecular complexity index is 917. The molecule has 0 atom stereocenters. The number of hydrogen-bond donors (Lipinski definition) is 1. The van der Waals surface area contributed by atoms with Gasteiger partial charge in [0.25, 0.3) is 5.91 Å². The van der Waals surface area contributed by atoms with Crippen molar-refractivity contribution in [2.75, 3.05) is 12.4 Å². The highest BCUT2D eigenvalue weighted by Gasteiger charge is 2.24. The fourth-order valence-electron chi connectivity index (χ4n) is 2.19. The summed E-state index contributed by atoms with van der Waals surface area (Å²) in [5.41, 5.74) is 0.360. The monoisotopic (exact) mass is 398 g/mol. The third kappa shape index (κ3) is 5.24. The van der Waals surface area contributed by atoms with Crippen LogP contribution in [0.5, 0.6) is 5.75 Å². The molecular formula is C18H20F2N2O4S. The van der Waals surface area contributed by atoms with Crippen LogP contribution in [0, 0.1) is 0 Å². The van der Waals surface area contributed by atoms with Gasteiger partial charge in [-0.25, -0.2) is 8.42 Å². The number of sulfonamides is 1. The largest absolute Gasteiger partial charge is 0.435 e. The molecule has 2 aromatic rings. The van der Waals surface area contributed by atoms with Crippen LogP contribution < -0.4 is 10.1 Å². The first kappa shape index (κ1) is 20.8. The molecule has 0 aliphatic carbocycles. The second-order valence-electron chi connectivity index (χ2n) is 6.00. The van der Waals surface area contributed by atoms with E-state index in [1.54, 1.807) is 13.8 Å². The summed E-state index contributed by atoms with van der Waals surface area (Å²) in [6.45, 7) is 0.501. The van der Waals surface area contributed by atoms with Gasteiger partial charge in [0.05, 0.1) is 4.90 Å². The molecule has 0 unspecified atom stereocenters. The van der Waals surface area contributed by atoms with E-state index in [-0.39, 0.29) is 27.9 Å². The lowest BCUT2D eigenvalue weighted by molar-refractivity contribution is -0.0498. The number of carbonyl (C=O) groups is 1. The number of alkyl halides is 2. The molecule has 0 aliphatic heterocycles. The number of rotatable bonds is 7. The maximum atomic E-state index is 12.6. The molecule has 27 heavy (non-hydrogen) atoms. The first-order valence-corrected chi connectivity index (χ1v) is 9.49. The van der Waals surface area contributed by atoms with Crippen molar-refractivity contribution in [2.24, 2.45) is 0 Å². The SMILES string of the molecule is CC(C)N(C)S(=O)(=O)c1cccc(C(=O)Nc2cccc(OC(F)F)c2)c1. The van der Waals surface area contributed by atoms with Crippen molar-refractivity contribution in [1.82, 2.24) is 4.31 Å². The lowest BCUT2D eigenvalue weighted by Gasteiger charge is -2.21. The molecule has 2 aromatic carbocycles. The number of amides is 1. The first-order chi connectivity index (χ1) is 12.6. The summed E-state index contributed by atoms with van der Waals surface area (Å²) < 4.78 is 55.2. The van der Waals surface area contributed by atoms with Gasteiger partial charge in [-0.3, -0.25) is 4.79 Å².